The van der Waals surface area contributed by atoms with Crippen molar-refractivity contribution in [3.8, 4) is 0 Å². The van der Waals surface area contributed by atoms with E-state index >= 15 is 0 Å². The molecule has 1 aromatic rings. The van der Waals surface area contributed by atoms with E-state index in [-0.39, 0.29) is 18.3 Å². The van der Waals surface area contributed by atoms with Gasteiger partial charge < -0.3 is 10.2 Å². The Morgan fingerprint density at radius 1 is 1.18 bits per heavy atom. The van der Waals surface area contributed by atoms with Gasteiger partial charge in [-0.25, -0.2) is 8.42 Å². The number of carbonyl (C=O) groups is 1. The minimum atomic E-state index is -3.48. The smallest absolute Gasteiger partial charge is 0.248 e. The maximum atomic E-state index is 12.9. The number of nitrogens with one attached hydrogen (secondary N) is 1. The molecule has 1 amide bonds. The van der Waals surface area contributed by atoms with Gasteiger partial charge in [0, 0.05) is 19.0 Å². The second-order valence-corrected chi connectivity index (χ2v) is 8.04. The minimum Gasteiger partial charge on any atom is -0.317 e. The lowest BCUT2D eigenvalue weighted by atomic mass is 9.95. The van der Waals surface area contributed by atoms with Crippen LogP contribution in [-0.2, 0) is 14.6 Å². The third-order valence-corrected chi connectivity index (χ3v) is 6.24. The van der Waals surface area contributed by atoms with E-state index in [1.165, 1.54) is 11.2 Å². The number of rotatable bonds is 3. The first-order valence-electron chi connectivity index (χ1n) is 7.03. The Labute approximate surface area is 138 Å². The predicted molar refractivity (Wildman–Crippen MR) is 91.5 cm³/mol. The highest BCUT2D eigenvalue weighted by Crippen LogP contribution is 2.31. The quantitative estimate of drug-likeness (QED) is 0.901. The first-order chi connectivity index (χ1) is 9.78. The van der Waals surface area contributed by atoms with E-state index in [1.54, 1.807) is 7.05 Å². The third-order valence-electron chi connectivity index (χ3n) is 4.24. The molecule has 1 aliphatic heterocycles. The van der Waals surface area contributed by atoms with Crippen LogP contribution < -0.4 is 10.2 Å². The van der Waals surface area contributed by atoms with Crippen LogP contribution in [0.1, 0.15) is 18.4 Å². The van der Waals surface area contributed by atoms with E-state index < -0.39 is 14.6 Å². The maximum absolute atomic E-state index is 12.9. The predicted octanol–water partition coefficient (Wildman–Crippen LogP) is 1.55. The van der Waals surface area contributed by atoms with Crippen LogP contribution >= 0.6 is 12.4 Å². The molecule has 1 heterocycles. The number of amides is 1. The van der Waals surface area contributed by atoms with Gasteiger partial charge >= 0.3 is 0 Å². The normalized spacial score (nSPS) is 17.4. The van der Waals surface area contributed by atoms with Crippen LogP contribution in [-0.4, -0.2) is 45.5 Å². The van der Waals surface area contributed by atoms with Crippen LogP contribution in [0.4, 0.5) is 5.69 Å². The van der Waals surface area contributed by atoms with Crippen LogP contribution in [0.25, 0.3) is 0 Å². The van der Waals surface area contributed by atoms with Gasteiger partial charge in [-0.15, -0.1) is 12.4 Å². The Kier molecular flexibility index (Phi) is 6.01. The summed E-state index contributed by atoms with van der Waals surface area (Å²) in [6.45, 7) is 3.05. The molecule has 1 N–H and O–H groups in total. The molecule has 0 radical (unpaired) electrons. The number of sulfone groups is 1. The number of halogens is 1. The molecule has 0 bridgehead atoms. The molecule has 5 nitrogen and oxygen atoms in total. The van der Waals surface area contributed by atoms with Crippen molar-refractivity contribution in [3.05, 3.63) is 29.8 Å². The number of piperidine rings is 1. The van der Waals surface area contributed by atoms with Crippen LogP contribution in [0.2, 0.25) is 0 Å². The standard InChI is InChI=1S/C15H22N2O3S.ClH/c1-12-4-6-13(7-5-12)17(2)14(18)15(21(3,19)20)8-10-16-11-9-15;/h4-7,16H,8-11H2,1-3H3;1H. The fourth-order valence-electron chi connectivity index (χ4n) is 2.77. The molecular weight excluding hydrogens is 324 g/mol. The molecule has 0 atom stereocenters. The van der Waals surface area contributed by atoms with Crippen molar-refractivity contribution in [2.75, 3.05) is 31.3 Å². The largest absolute Gasteiger partial charge is 0.317 e. The SMILES string of the molecule is Cc1ccc(N(C)C(=O)C2(S(C)(=O)=O)CCNCC2)cc1.Cl. The van der Waals surface area contributed by atoms with Crippen LogP contribution in [0.3, 0.4) is 0 Å². The zero-order chi connectivity index (χ0) is 15.7. The second kappa shape index (κ2) is 6.98. The Hall–Kier alpha value is -1.11. The summed E-state index contributed by atoms with van der Waals surface area (Å²) in [6.07, 6.45) is 1.81. The lowest BCUT2D eigenvalue weighted by Crippen LogP contribution is -2.57. The topological polar surface area (TPSA) is 66.5 Å². The average Bonchev–Trinajstić information content (AvgIpc) is 2.46. The number of carbonyl (C=O) groups excluding carboxylic acids is 1. The molecule has 1 saturated heterocycles. The number of hydrogen-bond donors (Lipinski definition) is 1. The summed E-state index contributed by atoms with van der Waals surface area (Å²) in [4.78, 5) is 14.3. The van der Waals surface area contributed by atoms with Crippen molar-refractivity contribution in [2.45, 2.75) is 24.5 Å². The van der Waals surface area contributed by atoms with Crippen molar-refractivity contribution in [1.82, 2.24) is 5.32 Å². The molecule has 0 unspecified atom stereocenters. The van der Waals surface area contributed by atoms with Crippen LogP contribution in [0, 0.1) is 6.92 Å². The summed E-state index contributed by atoms with van der Waals surface area (Å²) in [5.74, 6) is -0.338. The number of hydrogen-bond acceptors (Lipinski definition) is 4. The number of aryl methyl sites for hydroxylation is 1. The van der Waals surface area contributed by atoms with Gasteiger partial charge in [0.2, 0.25) is 5.91 Å². The molecule has 1 fully saturated rings. The summed E-state index contributed by atoms with van der Waals surface area (Å²) in [6, 6.07) is 7.50. The van der Waals surface area contributed by atoms with Crippen molar-refractivity contribution >= 4 is 33.8 Å². The zero-order valence-electron chi connectivity index (χ0n) is 13.1. The Morgan fingerprint density at radius 3 is 2.14 bits per heavy atom. The highest BCUT2D eigenvalue weighted by atomic mass is 35.5. The third kappa shape index (κ3) is 3.45. The molecule has 1 aliphatic rings. The van der Waals surface area contributed by atoms with Gasteiger partial charge in [-0.05, 0) is 45.0 Å². The van der Waals surface area contributed by atoms with Crippen molar-refractivity contribution in [2.24, 2.45) is 0 Å². The van der Waals surface area contributed by atoms with Gasteiger partial charge in [-0.1, -0.05) is 17.7 Å². The van der Waals surface area contributed by atoms with Crippen LogP contribution in [0.5, 0.6) is 0 Å². The monoisotopic (exact) mass is 346 g/mol. The van der Waals surface area contributed by atoms with Gasteiger partial charge in [0.25, 0.3) is 0 Å². The Balaban J connectivity index is 0.00000242. The van der Waals surface area contributed by atoms with Gasteiger partial charge in [0.1, 0.15) is 0 Å². The molecular formula is C15H23ClN2O3S. The fourth-order valence-corrected chi connectivity index (χ4v) is 4.16. The molecule has 0 spiro atoms. The average molecular weight is 347 g/mol. The van der Waals surface area contributed by atoms with Crippen molar-refractivity contribution in [1.29, 1.82) is 0 Å². The molecule has 0 aromatic heterocycles. The maximum Gasteiger partial charge on any atom is 0.248 e. The van der Waals surface area contributed by atoms with Gasteiger partial charge in [0.15, 0.2) is 14.6 Å². The molecule has 0 saturated carbocycles. The molecule has 1 aromatic carbocycles. The van der Waals surface area contributed by atoms with Gasteiger partial charge in [0.05, 0.1) is 0 Å². The van der Waals surface area contributed by atoms with Gasteiger partial charge in [-0.3, -0.25) is 4.79 Å². The fraction of sp³-hybridized carbons (Fsp3) is 0.533. The van der Waals surface area contributed by atoms with E-state index in [1.807, 2.05) is 31.2 Å². The first kappa shape index (κ1) is 18.9. The van der Waals surface area contributed by atoms with E-state index in [9.17, 15) is 13.2 Å². The molecule has 0 aliphatic carbocycles. The van der Waals surface area contributed by atoms with Crippen LogP contribution in [0.15, 0.2) is 24.3 Å². The summed E-state index contributed by atoms with van der Waals surface area (Å²) < 4.78 is 23.2. The lowest BCUT2D eigenvalue weighted by molar-refractivity contribution is -0.121. The highest BCUT2D eigenvalue weighted by molar-refractivity contribution is 7.92. The Bertz CT molecular complexity index is 623. The van der Waals surface area contributed by atoms with Gasteiger partial charge in [-0.2, -0.15) is 0 Å². The van der Waals surface area contributed by atoms with E-state index in [0.717, 1.165) is 5.56 Å². The lowest BCUT2D eigenvalue weighted by Gasteiger charge is -2.37. The molecule has 2 rings (SSSR count). The summed E-state index contributed by atoms with van der Waals surface area (Å²) in [5.41, 5.74) is 1.81. The van der Waals surface area contributed by atoms with E-state index in [4.69, 9.17) is 0 Å². The molecule has 7 heteroatoms. The Morgan fingerprint density at radius 2 is 1.68 bits per heavy atom. The van der Waals surface area contributed by atoms with E-state index in [2.05, 4.69) is 5.32 Å². The summed E-state index contributed by atoms with van der Waals surface area (Å²) in [7, 11) is -1.84. The van der Waals surface area contributed by atoms with Crippen molar-refractivity contribution < 1.29 is 13.2 Å². The highest BCUT2D eigenvalue weighted by Gasteiger charge is 2.50. The minimum absolute atomic E-state index is 0. The van der Waals surface area contributed by atoms with E-state index in [0.29, 0.717) is 31.6 Å². The molecule has 22 heavy (non-hydrogen) atoms. The first-order valence-corrected chi connectivity index (χ1v) is 8.92. The molecule has 124 valence electrons. The number of benzene rings is 1. The summed E-state index contributed by atoms with van der Waals surface area (Å²) in [5, 5.41) is 3.12. The van der Waals surface area contributed by atoms with Crippen molar-refractivity contribution in [3.63, 3.8) is 0 Å². The zero-order valence-corrected chi connectivity index (χ0v) is 14.8. The number of nitrogens with zero attached hydrogens (tertiary/aromatic N) is 1. The number of anilines is 1. The summed E-state index contributed by atoms with van der Waals surface area (Å²) >= 11 is 0. The second-order valence-electron chi connectivity index (χ2n) is 5.72.